The third-order valence-corrected chi connectivity index (χ3v) is 2.44. The van der Waals surface area contributed by atoms with E-state index in [-0.39, 0.29) is 12.4 Å². The molecule has 5 nitrogen and oxygen atoms in total. The van der Waals surface area contributed by atoms with E-state index in [0.29, 0.717) is 12.2 Å². The van der Waals surface area contributed by atoms with Gasteiger partial charge in [0, 0.05) is 30.6 Å². The van der Waals surface area contributed by atoms with Crippen LogP contribution in [0, 0.1) is 0 Å². The van der Waals surface area contributed by atoms with E-state index in [1.165, 1.54) is 7.11 Å². The van der Waals surface area contributed by atoms with Crippen molar-refractivity contribution in [2.45, 2.75) is 12.8 Å². The number of nitrogens with zero attached hydrogens (tertiary/aromatic N) is 3. The minimum atomic E-state index is -0.259. The Bertz CT molecular complexity index is 529. The Morgan fingerprint density at radius 3 is 2.94 bits per heavy atom. The molecule has 2 aromatic heterocycles. The van der Waals surface area contributed by atoms with E-state index in [4.69, 9.17) is 0 Å². The highest BCUT2D eigenvalue weighted by atomic mass is 16.5. The topological polar surface area (TPSA) is 65.0 Å². The van der Waals surface area contributed by atoms with Gasteiger partial charge in [0.15, 0.2) is 0 Å². The lowest BCUT2D eigenvalue weighted by Gasteiger charge is -2.03. The zero-order valence-corrected chi connectivity index (χ0v) is 10.0. The largest absolute Gasteiger partial charge is 0.469 e. The van der Waals surface area contributed by atoms with Gasteiger partial charge in [-0.15, -0.1) is 0 Å². The average Bonchev–Trinajstić information content (AvgIpc) is 2.46. The molecule has 0 bridgehead atoms. The van der Waals surface area contributed by atoms with E-state index in [9.17, 15) is 4.79 Å². The van der Waals surface area contributed by atoms with E-state index in [1.54, 1.807) is 18.6 Å². The van der Waals surface area contributed by atoms with Gasteiger partial charge in [0.2, 0.25) is 0 Å². The first-order chi connectivity index (χ1) is 8.79. The maximum absolute atomic E-state index is 11.1. The molecule has 0 aliphatic rings. The maximum atomic E-state index is 11.1. The summed E-state index contributed by atoms with van der Waals surface area (Å²) in [6.45, 7) is 0. The lowest BCUT2D eigenvalue weighted by Crippen LogP contribution is -2.04. The van der Waals surface area contributed by atoms with Crippen LogP contribution in [0.4, 0.5) is 0 Å². The Kier molecular flexibility index (Phi) is 3.96. The lowest BCUT2D eigenvalue weighted by atomic mass is 10.2. The monoisotopic (exact) mass is 243 g/mol. The molecule has 2 rings (SSSR count). The number of esters is 1. The Labute approximate surface area is 105 Å². The number of ether oxygens (including phenoxy) is 1. The first-order valence-corrected chi connectivity index (χ1v) is 5.59. The summed E-state index contributed by atoms with van der Waals surface area (Å²) in [7, 11) is 1.37. The maximum Gasteiger partial charge on any atom is 0.305 e. The van der Waals surface area contributed by atoms with Crippen molar-refractivity contribution in [3.05, 3.63) is 42.6 Å². The predicted octanol–water partition coefficient (Wildman–Crippen LogP) is 1.64. The fraction of sp³-hybridized carbons (Fsp3) is 0.231. The minimum absolute atomic E-state index is 0.259. The number of aromatic nitrogens is 3. The van der Waals surface area contributed by atoms with E-state index >= 15 is 0 Å². The summed E-state index contributed by atoms with van der Waals surface area (Å²) in [6.07, 6.45) is 5.89. The Morgan fingerprint density at radius 2 is 2.22 bits per heavy atom. The molecule has 0 unspecified atom stereocenters. The summed E-state index contributed by atoms with van der Waals surface area (Å²) in [4.78, 5) is 23.6. The van der Waals surface area contributed by atoms with E-state index < -0.39 is 0 Å². The van der Waals surface area contributed by atoms with Gasteiger partial charge in [0.05, 0.1) is 19.2 Å². The van der Waals surface area contributed by atoms with Crippen molar-refractivity contribution in [3.8, 4) is 11.3 Å². The Balaban J connectivity index is 2.13. The zero-order chi connectivity index (χ0) is 12.8. The van der Waals surface area contributed by atoms with Crippen molar-refractivity contribution in [2.75, 3.05) is 7.11 Å². The molecular formula is C13H13N3O2. The van der Waals surface area contributed by atoms with Crippen LogP contribution in [0.3, 0.4) is 0 Å². The van der Waals surface area contributed by atoms with Gasteiger partial charge in [0.25, 0.3) is 0 Å². The quantitative estimate of drug-likeness (QED) is 0.764. The average molecular weight is 243 g/mol. The first kappa shape index (κ1) is 12.2. The predicted molar refractivity (Wildman–Crippen MR) is 65.6 cm³/mol. The second-order valence-electron chi connectivity index (χ2n) is 3.68. The van der Waals surface area contributed by atoms with Crippen molar-refractivity contribution >= 4 is 5.97 Å². The summed E-state index contributed by atoms with van der Waals surface area (Å²) in [5, 5.41) is 0. The number of hydrogen-bond acceptors (Lipinski definition) is 5. The van der Waals surface area contributed by atoms with Gasteiger partial charge in [0.1, 0.15) is 5.82 Å². The summed E-state index contributed by atoms with van der Waals surface area (Å²) in [6, 6.07) is 5.60. The van der Waals surface area contributed by atoms with Crippen molar-refractivity contribution in [2.24, 2.45) is 0 Å². The van der Waals surface area contributed by atoms with Gasteiger partial charge >= 0.3 is 5.97 Å². The molecule has 0 amide bonds. The molecule has 0 saturated heterocycles. The SMILES string of the molecule is COC(=O)CCc1nccc(-c2cccnc2)n1. The lowest BCUT2D eigenvalue weighted by molar-refractivity contribution is -0.140. The van der Waals surface area contributed by atoms with Gasteiger partial charge < -0.3 is 4.74 Å². The zero-order valence-electron chi connectivity index (χ0n) is 10.0. The third-order valence-electron chi connectivity index (χ3n) is 2.44. The highest BCUT2D eigenvalue weighted by molar-refractivity contribution is 5.69. The molecule has 0 aliphatic heterocycles. The van der Waals surface area contributed by atoms with Gasteiger partial charge in [-0.3, -0.25) is 9.78 Å². The summed E-state index contributed by atoms with van der Waals surface area (Å²) >= 11 is 0. The van der Waals surface area contributed by atoms with Gasteiger partial charge in [-0.1, -0.05) is 0 Å². The van der Waals surface area contributed by atoms with E-state index in [1.807, 2.05) is 18.2 Å². The molecule has 0 aliphatic carbocycles. The second-order valence-corrected chi connectivity index (χ2v) is 3.68. The van der Waals surface area contributed by atoms with Crippen LogP contribution < -0.4 is 0 Å². The number of hydrogen-bond donors (Lipinski definition) is 0. The summed E-state index contributed by atoms with van der Waals surface area (Å²) in [5.41, 5.74) is 1.73. The highest BCUT2D eigenvalue weighted by Gasteiger charge is 2.05. The molecule has 0 N–H and O–H groups in total. The van der Waals surface area contributed by atoms with Crippen LogP contribution in [0.1, 0.15) is 12.2 Å². The number of methoxy groups -OCH3 is 1. The molecule has 2 heterocycles. The fourth-order valence-corrected chi connectivity index (χ4v) is 1.51. The smallest absolute Gasteiger partial charge is 0.305 e. The molecule has 0 aromatic carbocycles. The number of carbonyl (C=O) groups is 1. The Morgan fingerprint density at radius 1 is 1.33 bits per heavy atom. The molecule has 0 fully saturated rings. The Hall–Kier alpha value is -2.30. The third kappa shape index (κ3) is 3.10. The van der Waals surface area contributed by atoms with Crippen LogP contribution in [-0.2, 0) is 16.0 Å². The number of carbonyl (C=O) groups excluding carboxylic acids is 1. The molecule has 5 heteroatoms. The second kappa shape index (κ2) is 5.86. The molecule has 0 saturated carbocycles. The van der Waals surface area contributed by atoms with Crippen LogP contribution in [0.15, 0.2) is 36.8 Å². The summed E-state index contributed by atoms with van der Waals surface area (Å²) < 4.78 is 4.58. The first-order valence-electron chi connectivity index (χ1n) is 5.59. The van der Waals surface area contributed by atoms with Gasteiger partial charge in [-0.05, 0) is 18.2 Å². The van der Waals surface area contributed by atoms with Crippen molar-refractivity contribution in [1.82, 2.24) is 15.0 Å². The minimum Gasteiger partial charge on any atom is -0.469 e. The van der Waals surface area contributed by atoms with E-state index in [0.717, 1.165) is 11.3 Å². The summed E-state index contributed by atoms with van der Waals surface area (Å²) in [5.74, 6) is 0.368. The van der Waals surface area contributed by atoms with Crippen molar-refractivity contribution in [3.63, 3.8) is 0 Å². The molecule has 0 atom stereocenters. The van der Waals surface area contributed by atoms with Gasteiger partial charge in [-0.25, -0.2) is 9.97 Å². The van der Waals surface area contributed by atoms with Crippen molar-refractivity contribution in [1.29, 1.82) is 0 Å². The van der Waals surface area contributed by atoms with Crippen LogP contribution in [-0.4, -0.2) is 28.0 Å². The standard InChI is InChI=1S/C13H13N3O2/c1-18-13(17)5-4-12-15-8-6-11(16-12)10-3-2-7-14-9-10/h2-3,6-9H,4-5H2,1H3. The molecule has 0 spiro atoms. The van der Waals surface area contributed by atoms with Crippen molar-refractivity contribution < 1.29 is 9.53 Å². The highest BCUT2D eigenvalue weighted by Crippen LogP contribution is 2.14. The molecular weight excluding hydrogens is 230 g/mol. The van der Waals surface area contributed by atoms with Crippen LogP contribution in [0.5, 0.6) is 0 Å². The number of pyridine rings is 1. The van der Waals surface area contributed by atoms with Crippen LogP contribution >= 0.6 is 0 Å². The molecule has 18 heavy (non-hydrogen) atoms. The fourth-order valence-electron chi connectivity index (χ4n) is 1.51. The molecule has 2 aromatic rings. The molecule has 92 valence electrons. The van der Waals surface area contributed by atoms with E-state index in [2.05, 4.69) is 19.7 Å². The molecule has 0 radical (unpaired) electrons. The van der Waals surface area contributed by atoms with Crippen LogP contribution in [0.25, 0.3) is 11.3 Å². The van der Waals surface area contributed by atoms with Crippen LogP contribution in [0.2, 0.25) is 0 Å². The number of rotatable bonds is 4. The number of aryl methyl sites for hydroxylation is 1. The normalized spacial score (nSPS) is 10.1. The van der Waals surface area contributed by atoms with Gasteiger partial charge in [-0.2, -0.15) is 0 Å².